The lowest BCUT2D eigenvalue weighted by atomic mass is 9.86. The molecule has 22 heavy (non-hydrogen) atoms. The quantitative estimate of drug-likeness (QED) is 0.822. The van der Waals surface area contributed by atoms with Crippen LogP contribution in [0.5, 0.6) is 5.75 Å². The first-order chi connectivity index (χ1) is 10.6. The van der Waals surface area contributed by atoms with Gasteiger partial charge in [-0.3, -0.25) is 0 Å². The smallest absolute Gasteiger partial charge is 0.317 e. The molecule has 1 aromatic carbocycles. The number of urea groups is 1. The highest BCUT2D eigenvalue weighted by atomic mass is 16.5. The van der Waals surface area contributed by atoms with E-state index in [4.69, 9.17) is 4.74 Å². The third-order valence-electron chi connectivity index (χ3n) is 5.06. The third-order valence-corrected chi connectivity index (χ3v) is 5.06. The molecule has 0 radical (unpaired) electrons. The Morgan fingerprint density at radius 1 is 1.32 bits per heavy atom. The van der Waals surface area contributed by atoms with Gasteiger partial charge in [-0.2, -0.15) is 0 Å². The minimum absolute atomic E-state index is 0.0374. The predicted molar refractivity (Wildman–Crippen MR) is 81.4 cm³/mol. The average Bonchev–Trinajstić information content (AvgIpc) is 3.19. The SMILES string of the molecule is C[C@H](NC(=O)N1CC2C3C=CC(O3)C2C1)c1cccc(O)c1. The largest absolute Gasteiger partial charge is 0.508 e. The van der Waals surface area contributed by atoms with Gasteiger partial charge in [-0.25, -0.2) is 4.79 Å². The maximum absolute atomic E-state index is 12.5. The molecule has 2 fully saturated rings. The van der Waals surface area contributed by atoms with E-state index in [1.165, 1.54) is 0 Å². The first-order valence-electron chi connectivity index (χ1n) is 7.80. The molecule has 3 heterocycles. The van der Waals surface area contributed by atoms with Gasteiger partial charge in [0.2, 0.25) is 0 Å². The van der Waals surface area contributed by atoms with Crippen molar-refractivity contribution in [3.8, 4) is 5.75 Å². The average molecular weight is 300 g/mol. The van der Waals surface area contributed by atoms with Gasteiger partial charge in [0, 0.05) is 24.9 Å². The summed E-state index contributed by atoms with van der Waals surface area (Å²) in [6.07, 6.45) is 4.64. The fraction of sp³-hybridized carbons (Fsp3) is 0.471. The summed E-state index contributed by atoms with van der Waals surface area (Å²) in [5.41, 5.74) is 0.901. The first kappa shape index (κ1) is 13.6. The summed E-state index contributed by atoms with van der Waals surface area (Å²) in [4.78, 5) is 14.4. The lowest BCUT2D eigenvalue weighted by Crippen LogP contribution is -2.41. The number of likely N-dealkylation sites (tertiary alicyclic amines) is 1. The number of nitrogens with one attached hydrogen (secondary N) is 1. The molecular weight excluding hydrogens is 280 g/mol. The summed E-state index contributed by atoms with van der Waals surface area (Å²) in [6.45, 7) is 3.45. The van der Waals surface area contributed by atoms with Crippen LogP contribution in [0.3, 0.4) is 0 Å². The van der Waals surface area contributed by atoms with Crippen molar-refractivity contribution in [2.45, 2.75) is 25.2 Å². The highest BCUT2D eigenvalue weighted by Crippen LogP contribution is 2.43. The Hall–Kier alpha value is -2.01. The number of ether oxygens (including phenoxy) is 1. The van der Waals surface area contributed by atoms with Crippen molar-refractivity contribution >= 4 is 6.03 Å². The minimum atomic E-state index is -0.133. The molecular formula is C17H20N2O3. The molecule has 3 aliphatic rings. The molecule has 0 aliphatic carbocycles. The fourth-order valence-electron chi connectivity index (χ4n) is 3.85. The van der Waals surface area contributed by atoms with Crippen LogP contribution < -0.4 is 5.32 Å². The number of fused-ring (bicyclic) bond motifs is 5. The summed E-state index contributed by atoms with van der Waals surface area (Å²) in [5, 5.41) is 12.6. The maximum atomic E-state index is 12.5. The van der Waals surface area contributed by atoms with Crippen LogP contribution >= 0.6 is 0 Å². The summed E-state index contributed by atoms with van der Waals surface area (Å²) in [7, 11) is 0. The number of benzene rings is 1. The van der Waals surface area contributed by atoms with Crippen molar-refractivity contribution < 1.29 is 14.6 Å². The Morgan fingerprint density at radius 2 is 2.00 bits per heavy atom. The van der Waals surface area contributed by atoms with Gasteiger partial charge in [0.15, 0.2) is 0 Å². The molecule has 4 rings (SSSR count). The van der Waals surface area contributed by atoms with Gasteiger partial charge < -0.3 is 20.1 Å². The summed E-state index contributed by atoms with van der Waals surface area (Å²) in [6, 6.07) is 6.83. The van der Waals surface area contributed by atoms with Gasteiger partial charge in [-0.15, -0.1) is 0 Å². The first-order valence-corrected chi connectivity index (χ1v) is 7.80. The van der Waals surface area contributed by atoms with E-state index in [1.54, 1.807) is 18.2 Å². The third kappa shape index (κ3) is 2.16. The summed E-state index contributed by atoms with van der Waals surface area (Å²) < 4.78 is 5.83. The Labute approximate surface area is 129 Å². The summed E-state index contributed by atoms with van der Waals surface area (Å²) in [5.74, 6) is 1.10. The number of rotatable bonds is 2. The maximum Gasteiger partial charge on any atom is 0.317 e. The van der Waals surface area contributed by atoms with Crippen molar-refractivity contribution in [2.24, 2.45) is 11.8 Å². The second-order valence-corrected chi connectivity index (χ2v) is 6.45. The highest BCUT2D eigenvalue weighted by Gasteiger charge is 2.51. The lowest BCUT2D eigenvalue weighted by molar-refractivity contribution is 0.0881. The molecule has 0 spiro atoms. The molecule has 0 aromatic heterocycles. The van der Waals surface area contributed by atoms with E-state index in [2.05, 4.69) is 17.5 Å². The molecule has 2 N–H and O–H groups in total. The van der Waals surface area contributed by atoms with Crippen molar-refractivity contribution in [1.82, 2.24) is 10.2 Å². The number of carbonyl (C=O) groups is 1. The monoisotopic (exact) mass is 300 g/mol. The highest BCUT2D eigenvalue weighted by molar-refractivity contribution is 5.75. The number of phenolic OH excluding ortho intramolecular Hbond substituents is 1. The number of hydrogen-bond donors (Lipinski definition) is 2. The number of amides is 2. The van der Waals surface area contributed by atoms with Crippen LogP contribution in [0.4, 0.5) is 4.79 Å². The number of hydrogen-bond acceptors (Lipinski definition) is 3. The molecule has 116 valence electrons. The zero-order chi connectivity index (χ0) is 15.3. The van der Waals surface area contributed by atoms with E-state index >= 15 is 0 Å². The number of carbonyl (C=O) groups excluding carboxylic acids is 1. The van der Waals surface area contributed by atoms with E-state index in [9.17, 15) is 9.90 Å². The van der Waals surface area contributed by atoms with E-state index in [0.717, 1.165) is 18.7 Å². The van der Waals surface area contributed by atoms with Crippen molar-refractivity contribution in [3.05, 3.63) is 42.0 Å². The van der Waals surface area contributed by atoms with Gasteiger partial charge in [0.05, 0.1) is 18.2 Å². The van der Waals surface area contributed by atoms with Gasteiger partial charge in [-0.1, -0.05) is 24.3 Å². The Bertz CT molecular complexity index is 610. The molecule has 4 unspecified atom stereocenters. The van der Waals surface area contributed by atoms with E-state index in [0.29, 0.717) is 11.8 Å². The zero-order valence-corrected chi connectivity index (χ0v) is 12.5. The predicted octanol–water partition coefficient (Wildman–Crippen LogP) is 2.05. The van der Waals surface area contributed by atoms with Crippen LogP contribution in [-0.4, -0.2) is 41.3 Å². The molecule has 2 bridgehead atoms. The molecule has 5 nitrogen and oxygen atoms in total. The normalized spacial score (nSPS) is 33.0. The Balaban J connectivity index is 1.39. The Morgan fingerprint density at radius 3 is 2.64 bits per heavy atom. The van der Waals surface area contributed by atoms with Crippen LogP contribution in [-0.2, 0) is 4.74 Å². The molecule has 1 aromatic rings. The number of nitrogens with zero attached hydrogens (tertiary/aromatic N) is 1. The van der Waals surface area contributed by atoms with Crippen LogP contribution in [0.25, 0.3) is 0 Å². The van der Waals surface area contributed by atoms with Crippen LogP contribution in [0, 0.1) is 11.8 Å². The summed E-state index contributed by atoms with van der Waals surface area (Å²) >= 11 is 0. The minimum Gasteiger partial charge on any atom is -0.508 e. The molecule has 0 saturated carbocycles. The zero-order valence-electron chi connectivity index (χ0n) is 12.5. The molecule has 2 amide bonds. The molecule has 5 heteroatoms. The number of phenols is 1. The second kappa shape index (κ2) is 5.02. The molecule has 3 aliphatic heterocycles. The standard InChI is InChI=1S/C17H20N2O3/c1-10(11-3-2-4-12(20)7-11)18-17(21)19-8-13-14(9-19)16-6-5-15(13)22-16/h2-7,10,13-16,20H,8-9H2,1H3,(H,18,21)/t10-,13?,14?,15?,16?/m0/s1. The van der Waals surface area contributed by atoms with Crippen molar-refractivity contribution in [1.29, 1.82) is 0 Å². The van der Waals surface area contributed by atoms with Crippen LogP contribution in [0.15, 0.2) is 36.4 Å². The lowest BCUT2D eigenvalue weighted by Gasteiger charge is -2.22. The van der Waals surface area contributed by atoms with Gasteiger partial charge in [0.1, 0.15) is 5.75 Å². The van der Waals surface area contributed by atoms with E-state index in [-0.39, 0.29) is 30.0 Å². The van der Waals surface area contributed by atoms with Gasteiger partial charge >= 0.3 is 6.03 Å². The van der Waals surface area contributed by atoms with Crippen LogP contribution in [0.2, 0.25) is 0 Å². The fourth-order valence-corrected chi connectivity index (χ4v) is 3.85. The van der Waals surface area contributed by atoms with E-state index < -0.39 is 0 Å². The van der Waals surface area contributed by atoms with Crippen molar-refractivity contribution in [3.63, 3.8) is 0 Å². The molecule has 2 saturated heterocycles. The van der Waals surface area contributed by atoms with Gasteiger partial charge in [-0.05, 0) is 24.6 Å². The number of aromatic hydroxyl groups is 1. The van der Waals surface area contributed by atoms with Gasteiger partial charge in [0.25, 0.3) is 0 Å². The Kier molecular flexibility index (Phi) is 3.11. The van der Waals surface area contributed by atoms with E-state index in [1.807, 2.05) is 17.9 Å². The second-order valence-electron chi connectivity index (χ2n) is 6.45. The van der Waals surface area contributed by atoms with Crippen molar-refractivity contribution in [2.75, 3.05) is 13.1 Å². The topological polar surface area (TPSA) is 61.8 Å². The molecule has 5 atom stereocenters. The van der Waals surface area contributed by atoms with Crippen LogP contribution in [0.1, 0.15) is 18.5 Å².